The van der Waals surface area contributed by atoms with Crippen LogP contribution in [0.2, 0.25) is 0 Å². The number of carbonyl (C=O) groups excluding carboxylic acids is 2. The van der Waals surface area contributed by atoms with Gasteiger partial charge >= 0.3 is 0 Å². The fraction of sp³-hybridized carbons (Fsp3) is 0.219. The van der Waals surface area contributed by atoms with E-state index in [1.165, 1.54) is 22.1 Å². The summed E-state index contributed by atoms with van der Waals surface area (Å²) in [6, 6.07) is 20.1. The highest BCUT2D eigenvalue weighted by Gasteiger charge is 2.27. The first-order chi connectivity index (χ1) is 18.8. The molecule has 1 fully saturated rings. The number of carbonyl (C=O) groups is 2. The molecule has 5 rings (SSSR count). The average Bonchev–Trinajstić information content (AvgIpc) is 3.29. The van der Waals surface area contributed by atoms with Crippen LogP contribution in [-0.2, 0) is 11.3 Å². The van der Waals surface area contributed by atoms with Crippen molar-refractivity contribution in [2.45, 2.75) is 27.3 Å². The zero-order valence-electron chi connectivity index (χ0n) is 22.4. The minimum atomic E-state index is -0.158. The Bertz CT molecular complexity index is 1530. The maximum absolute atomic E-state index is 12.6. The molecule has 39 heavy (non-hydrogen) atoms. The molecule has 4 aromatic rings. The molecule has 1 aliphatic heterocycles. The van der Waals surface area contributed by atoms with Crippen LogP contribution in [0.5, 0.6) is 0 Å². The van der Waals surface area contributed by atoms with Gasteiger partial charge in [-0.05, 0) is 89.6 Å². The second-order valence-electron chi connectivity index (χ2n) is 10.2. The Kier molecular flexibility index (Phi) is 7.61. The first kappa shape index (κ1) is 26.4. The number of anilines is 1. The Morgan fingerprint density at radius 3 is 2.44 bits per heavy atom. The van der Waals surface area contributed by atoms with E-state index in [9.17, 15) is 9.59 Å². The quantitative estimate of drug-likeness (QED) is 0.280. The molecule has 2 aromatic heterocycles. The van der Waals surface area contributed by atoms with E-state index in [4.69, 9.17) is 5.73 Å². The van der Waals surface area contributed by atoms with E-state index < -0.39 is 0 Å². The van der Waals surface area contributed by atoms with Gasteiger partial charge in [0, 0.05) is 40.7 Å². The molecular formula is C32H32N4O2S. The summed E-state index contributed by atoms with van der Waals surface area (Å²) in [6.07, 6.45) is 4.86. The summed E-state index contributed by atoms with van der Waals surface area (Å²) in [4.78, 5) is 33.1. The van der Waals surface area contributed by atoms with Crippen LogP contribution < -0.4 is 11.1 Å². The lowest BCUT2D eigenvalue weighted by atomic mass is 9.97. The lowest BCUT2D eigenvalue weighted by Gasteiger charge is -2.37. The average molecular weight is 537 g/mol. The topological polar surface area (TPSA) is 88.3 Å². The van der Waals surface area contributed by atoms with Gasteiger partial charge in [-0.1, -0.05) is 37.3 Å². The number of hydrogen-bond donors (Lipinski definition) is 2. The summed E-state index contributed by atoms with van der Waals surface area (Å²) in [6.45, 7) is 8.52. The molecule has 0 radical (unpaired) electrons. The summed E-state index contributed by atoms with van der Waals surface area (Å²) < 4.78 is 0. The third kappa shape index (κ3) is 6.10. The van der Waals surface area contributed by atoms with Gasteiger partial charge in [0.05, 0.1) is 6.54 Å². The van der Waals surface area contributed by atoms with Crippen LogP contribution in [0.25, 0.3) is 27.6 Å². The maximum Gasteiger partial charge on any atom is 0.253 e. The summed E-state index contributed by atoms with van der Waals surface area (Å²) in [5, 5.41) is 2.97. The molecule has 198 valence electrons. The van der Waals surface area contributed by atoms with Crippen molar-refractivity contribution in [3.63, 3.8) is 0 Å². The number of amides is 2. The van der Waals surface area contributed by atoms with Crippen LogP contribution in [-0.4, -0.2) is 34.8 Å². The predicted molar refractivity (Wildman–Crippen MR) is 159 cm³/mol. The van der Waals surface area contributed by atoms with Gasteiger partial charge in [-0.2, -0.15) is 0 Å². The number of thiophene rings is 1. The Morgan fingerprint density at radius 2 is 1.77 bits per heavy atom. The predicted octanol–water partition coefficient (Wildman–Crippen LogP) is 6.10. The molecule has 0 unspecified atom stereocenters. The first-order valence-corrected chi connectivity index (χ1v) is 13.9. The number of aromatic nitrogens is 1. The number of nitrogens with two attached hydrogens (primary N) is 1. The number of likely N-dealkylation sites (tertiary alicyclic amines) is 1. The Hall–Kier alpha value is -4.23. The highest BCUT2D eigenvalue weighted by atomic mass is 32.1. The number of nitrogens with zero attached hydrogens (tertiary/aromatic N) is 2. The van der Waals surface area contributed by atoms with Gasteiger partial charge in [0.2, 0.25) is 5.91 Å². The molecule has 1 saturated heterocycles. The smallest absolute Gasteiger partial charge is 0.253 e. The van der Waals surface area contributed by atoms with Crippen molar-refractivity contribution in [3.05, 3.63) is 100 Å². The van der Waals surface area contributed by atoms with Crippen LogP contribution in [0.4, 0.5) is 5.82 Å². The van der Waals surface area contributed by atoms with Crippen LogP contribution in [0, 0.1) is 19.8 Å². The molecule has 0 spiro atoms. The first-order valence-electron chi connectivity index (χ1n) is 13.0. The van der Waals surface area contributed by atoms with Crippen molar-refractivity contribution in [1.29, 1.82) is 0 Å². The number of pyridine rings is 1. The molecule has 2 amide bonds. The summed E-state index contributed by atoms with van der Waals surface area (Å²) in [7, 11) is 0. The Balaban J connectivity index is 1.23. The monoisotopic (exact) mass is 536 g/mol. The van der Waals surface area contributed by atoms with Crippen LogP contribution in [0.3, 0.4) is 0 Å². The van der Waals surface area contributed by atoms with E-state index in [0.717, 1.165) is 45.8 Å². The molecule has 3 heterocycles. The molecule has 2 aromatic carbocycles. The number of nitrogens with one attached hydrogen (secondary N) is 1. The van der Waals surface area contributed by atoms with Crippen molar-refractivity contribution in [1.82, 2.24) is 15.2 Å². The second kappa shape index (κ2) is 11.3. The number of rotatable bonds is 7. The summed E-state index contributed by atoms with van der Waals surface area (Å²) >= 11 is 1.70. The zero-order chi connectivity index (χ0) is 27.5. The van der Waals surface area contributed by atoms with Gasteiger partial charge < -0.3 is 16.0 Å². The molecule has 3 N–H and O–H groups in total. The minimum absolute atomic E-state index is 0.112. The van der Waals surface area contributed by atoms with Gasteiger partial charge in [-0.15, -0.1) is 11.3 Å². The third-order valence-electron chi connectivity index (χ3n) is 6.99. The van der Waals surface area contributed by atoms with Crippen LogP contribution >= 0.6 is 11.3 Å². The van der Waals surface area contributed by atoms with Crippen molar-refractivity contribution in [2.75, 3.05) is 18.8 Å². The van der Waals surface area contributed by atoms with Crippen molar-refractivity contribution >= 4 is 35.0 Å². The Labute approximate surface area is 233 Å². The molecule has 1 aliphatic rings. The molecular weight excluding hydrogens is 504 g/mol. The van der Waals surface area contributed by atoms with Crippen molar-refractivity contribution in [2.24, 2.45) is 5.92 Å². The van der Waals surface area contributed by atoms with E-state index in [1.807, 2.05) is 35.2 Å². The van der Waals surface area contributed by atoms with Gasteiger partial charge in [-0.3, -0.25) is 9.59 Å². The van der Waals surface area contributed by atoms with Gasteiger partial charge in [-0.25, -0.2) is 4.98 Å². The lowest BCUT2D eigenvalue weighted by molar-refractivity contribution is -0.116. The molecule has 7 heteroatoms. The van der Waals surface area contributed by atoms with E-state index in [2.05, 4.69) is 55.3 Å². The van der Waals surface area contributed by atoms with Crippen molar-refractivity contribution < 1.29 is 9.59 Å². The number of hydrogen-bond acceptors (Lipinski definition) is 5. The molecule has 0 bridgehead atoms. The molecule has 0 atom stereocenters. The van der Waals surface area contributed by atoms with E-state index in [1.54, 1.807) is 29.7 Å². The maximum atomic E-state index is 12.6. The van der Waals surface area contributed by atoms with Gasteiger partial charge in [0.15, 0.2) is 0 Å². The zero-order valence-corrected chi connectivity index (χ0v) is 23.2. The van der Waals surface area contributed by atoms with Gasteiger partial charge in [0.1, 0.15) is 5.82 Å². The van der Waals surface area contributed by atoms with Crippen LogP contribution in [0.1, 0.15) is 38.8 Å². The fourth-order valence-electron chi connectivity index (χ4n) is 4.71. The number of aryl methyl sites for hydroxylation is 2. The standard InChI is InChI=1S/C32H32N4O2S/c1-20-18-36(19-20)32(38)25-8-6-24(7-9-25)26-10-11-27(21(2)14-26)28-15-22(3)29(39-28)17-35-31(37)13-5-23-4-12-30(33)34-16-23/h4-16,20H,17-19H2,1-3H3,(H2,33,34)(H,35,37)/b13-5+. The minimum Gasteiger partial charge on any atom is -0.384 e. The molecule has 0 aliphatic carbocycles. The Morgan fingerprint density at radius 1 is 1.03 bits per heavy atom. The molecule has 0 saturated carbocycles. The SMILES string of the molecule is Cc1cc(-c2ccc(C(=O)N3CC(C)C3)cc2)ccc1-c1cc(C)c(CNC(=O)/C=C/c2ccc(N)nc2)s1. The van der Waals surface area contributed by atoms with Gasteiger partial charge in [0.25, 0.3) is 5.91 Å². The summed E-state index contributed by atoms with van der Waals surface area (Å²) in [5.41, 5.74) is 12.9. The largest absolute Gasteiger partial charge is 0.384 e. The highest BCUT2D eigenvalue weighted by Crippen LogP contribution is 2.35. The van der Waals surface area contributed by atoms with E-state index in [0.29, 0.717) is 18.3 Å². The highest BCUT2D eigenvalue weighted by molar-refractivity contribution is 7.15. The van der Waals surface area contributed by atoms with E-state index in [-0.39, 0.29) is 11.8 Å². The molecule has 6 nitrogen and oxygen atoms in total. The van der Waals surface area contributed by atoms with E-state index >= 15 is 0 Å². The number of benzene rings is 2. The lowest BCUT2D eigenvalue weighted by Crippen LogP contribution is -2.48. The second-order valence-corrected chi connectivity index (χ2v) is 11.3. The number of nitrogen functional groups attached to an aromatic ring is 1. The van der Waals surface area contributed by atoms with Crippen LogP contribution in [0.15, 0.2) is 72.9 Å². The normalized spacial score (nSPS) is 13.5. The fourth-order valence-corrected chi connectivity index (χ4v) is 5.92. The van der Waals surface area contributed by atoms with Crippen molar-refractivity contribution in [3.8, 4) is 21.6 Å². The summed E-state index contributed by atoms with van der Waals surface area (Å²) in [5.74, 6) is 0.998. The third-order valence-corrected chi connectivity index (χ3v) is 8.26.